The molecule has 0 bridgehead atoms. The number of H-pyrrole nitrogens is 1. The van der Waals surface area contributed by atoms with Gasteiger partial charge in [-0.3, -0.25) is 4.99 Å². The molecule has 0 aliphatic rings. The molecule has 0 unspecified atom stereocenters. The zero-order chi connectivity index (χ0) is 21.3. The first-order valence-electron chi connectivity index (χ1n) is 9.86. The van der Waals surface area contributed by atoms with E-state index in [-0.39, 0.29) is 0 Å². The molecule has 3 aromatic rings. The van der Waals surface area contributed by atoms with Crippen LogP contribution in [-0.2, 0) is 13.0 Å². The molecule has 7 nitrogen and oxygen atoms in total. The molecule has 30 heavy (non-hydrogen) atoms. The molecule has 0 atom stereocenters. The molecule has 1 heterocycles. The van der Waals surface area contributed by atoms with Crippen LogP contribution in [0.2, 0.25) is 0 Å². The fraction of sp³-hybridized carbons (Fsp3) is 0.304. The van der Waals surface area contributed by atoms with Crippen LogP contribution in [0.1, 0.15) is 11.4 Å². The van der Waals surface area contributed by atoms with Gasteiger partial charge in [0.15, 0.2) is 5.96 Å². The fourth-order valence-electron chi connectivity index (χ4n) is 3.28. The smallest absolute Gasteiger partial charge is 0.193 e. The van der Waals surface area contributed by atoms with Gasteiger partial charge in [0.1, 0.15) is 17.3 Å². The van der Waals surface area contributed by atoms with Gasteiger partial charge in [0.05, 0.1) is 32.7 Å². The predicted octanol–water partition coefficient (Wildman–Crippen LogP) is 3.34. The molecule has 2 N–H and O–H groups in total. The van der Waals surface area contributed by atoms with Gasteiger partial charge in [-0.1, -0.05) is 30.3 Å². The molecule has 158 valence electrons. The molecule has 2 aromatic carbocycles. The normalized spacial score (nSPS) is 11.3. The van der Waals surface area contributed by atoms with Crippen LogP contribution in [0.4, 0.5) is 0 Å². The zero-order valence-corrected chi connectivity index (χ0v) is 18.0. The Bertz CT molecular complexity index is 969. The van der Waals surface area contributed by atoms with Crippen LogP contribution in [0.15, 0.2) is 59.7 Å². The highest BCUT2D eigenvalue weighted by molar-refractivity contribution is 5.79. The van der Waals surface area contributed by atoms with E-state index in [1.54, 1.807) is 21.3 Å². The first kappa shape index (κ1) is 21.2. The molecule has 0 aliphatic carbocycles. The highest BCUT2D eigenvalue weighted by atomic mass is 16.5. The summed E-state index contributed by atoms with van der Waals surface area (Å²) in [5.74, 6) is 3.35. The minimum Gasteiger partial charge on any atom is -0.497 e. The molecular weight excluding hydrogens is 378 g/mol. The third kappa shape index (κ3) is 5.31. The van der Waals surface area contributed by atoms with Crippen molar-refractivity contribution >= 4 is 5.96 Å². The van der Waals surface area contributed by atoms with E-state index in [0.29, 0.717) is 13.1 Å². The number of hydrogen-bond acceptors (Lipinski definition) is 4. The van der Waals surface area contributed by atoms with Crippen LogP contribution in [0.5, 0.6) is 11.5 Å². The van der Waals surface area contributed by atoms with Crippen molar-refractivity contribution in [3.8, 4) is 22.8 Å². The van der Waals surface area contributed by atoms with Crippen LogP contribution < -0.4 is 14.8 Å². The largest absolute Gasteiger partial charge is 0.497 e. The average molecular weight is 408 g/mol. The first-order valence-corrected chi connectivity index (χ1v) is 9.86. The van der Waals surface area contributed by atoms with Crippen molar-refractivity contribution in [1.82, 2.24) is 20.2 Å². The second kappa shape index (κ2) is 10.3. The Morgan fingerprint density at radius 2 is 1.93 bits per heavy atom. The number of guanidine groups is 1. The maximum Gasteiger partial charge on any atom is 0.193 e. The van der Waals surface area contributed by atoms with Crippen molar-refractivity contribution in [2.24, 2.45) is 4.99 Å². The van der Waals surface area contributed by atoms with Gasteiger partial charge in [-0.2, -0.15) is 0 Å². The molecular formula is C23H29N5O2. The second-order valence-corrected chi connectivity index (χ2v) is 6.87. The van der Waals surface area contributed by atoms with E-state index in [9.17, 15) is 0 Å². The Balaban J connectivity index is 1.57. The number of nitrogens with one attached hydrogen (secondary N) is 2. The lowest BCUT2D eigenvalue weighted by atomic mass is 10.1. The van der Waals surface area contributed by atoms with Gasteiger partial charge in [0.25, 0.3) is 0 Å². The van der Waals surface area contributed by atoms with E-state index < -0.39 is 0 Å². The number of ether oxygens (including phenoxy) is 2. The first-order chi connectivity index (χ1) is 14.6. The van der Waals surface area contributed by atoms with Gasteiger partial charge in [0.2, 0.25) is 0 Å². The number of aromatic amines is 1. The number of methoxy groups -OCH3 is 2. The number of nitrogens with zero attached hydrogens (tertiary/aromatic N) is 3. The Kier molecular flexibility index (Phi) is 7.32. The number of hydrogen-bond donors (Lipinski definition) is 2. The summed E-state index contributed by atoms with van der Waals surface area (Å²) in [6, 6.07) is 16.0. The number of aliphatic imine (C=N–C) groups is 1. The van der Waals surface area contributed by atoms with Crippen molar-refractivity contribution < 1.29 is 9.47 Å². The van der Waals surface area contributed by atoms with Gasteiger partial charge in [-0.15, -0.1) is 0 Å². The fourth-order valence-corrected chi connectivity index (χ4v) is 3.28. The molecule has 1 aromatic heterocycles. The molecule has 0 saturated heterocycles. The molecule has 3 rings (SSSR count). The molecule has 0 aliphatic heterocycles. The van der Waals surface area contributed by atoms with Crippen LogP contribution in [0.3, 0.4) is 0 Å². The molecule has 0 radical (unpaired) electrons. The van der Waals surface area contributed by atoms with E-state index in [2.05, 4.69) is 32.4 Å². The van der Waals surface area contributed by atoms with Crippen LogP contribution in [0, 0.1) is 0 Å². The molecule has 0 saturated carbocycles. The lowest BCUT2D eigenvalue weighted by Gasteiger charge is -2.21. The Labute approximate surface area is 177 Å². The number of benzene rings is 2. The molecule has 0 fully saturated rings. The van der Waals surface area contributed by atoms with Crippen LogP contribution in [0.25, 0.3) is 11.3 Å². The zero-order valence-electron chi connectivity index (χ0n) is 18.0. The van der Waals surface area contributed by atoms with Crippen molar-refractivity contribution in [3.63, 3.8) is 0 Å². The van der Waals surface area contributed by atoms with E-state index >= 15 is 0 Å². The summed E-state index contributed by atoms with van der Waals surface area (Å²) >= 11 is 0. The highest BCUT2D eigenvalue weighted by Crippen LogP contribution is 2.24. The van der Waals surface area contributed by atoms with E-state index in [1.807, 2.05) is 54.5 Å². The highest BCUT2D eigenvalue weighted by Gasteiger charge is 2.11. The van der Waals surface area contributed by atoms with E-state index in [4.69, 9.17) is 9.47 Å². The lowest BCUT2D eigenvalue weighted by Crippen LogP contribution is -2.39. The SMILES string of the molecule is CN=C(NCCc1cc(OC)ccc1OC)N(C)Cc1ncc(-c2ccccc2)[nH]1. The van der Waals surface area contributed by atoms with Gasteiger partial charge >= 0.3 is 0 Å². The third-order valence-electron chi connectivity index (χ3n) is 4.84. The molecule has 0 amide bonds. The molecule has 0 spiro atoms. The number of rotatable bonds is 8. The predicted molar refractivity (Wildman–Crippen MR) is 120 cm³/mol. The maximum absolute atomic E-state index is 5.46. The van der Waals surface area contributed by atoms with Crippen LogP contribution >= 0.6 is 0 Å². The monoisotopic (exact) mass is 407 g/mol. The number of aromatic nitrogens is 2. The van der Waals surface area contributed by atoms with E-state index in [1.165, 1.54) is 0 Å². The summed E-state index contributed by atoms with van der Waals surface area (Å²) in [4.78, 5) is 14.3. The summed E-state index contributed by atoms with van der Waals surface area (Å²) in [6.45, 7) is 1.34. The topological polar surface area (TPSA) is 74.8 Å². The van der Waals surface area contributed by atoms with Crippen molar-refractivity contribution in [2.45, 2.75) is 13.0 Å². The lowest BCUT2D eigenvalue weighted by molar-refractivity contribution is 0.398. The minimum absolute atomic E-state index is 0.620. The van der Waals surface area contributed by atoms with Crippen LogP contribution in [-0.4, -0.2) is 55.7 Å². The minimum atomic E-state index is 0.620. The van der Waals surface area contributed by atoms with Crippen molar-refractivity contribution in [2.75, 3.05) is 34.9 Å². The Morgan fingerprint density at radius 3 is 2.63 bits per heavy atom. The van der Waals surface area contributed by atoms with Gasteiger partial charge in [0, 0.05) is 20.6 Å². The average Bonchev–Trinajstić information content (AvgIpc) is 3.25. The Morgan fingerprint density at radius 1 is 1.13 bits per heavy atom. The van der Waals surface area contributed by atoms with Gasteiger partial charge in [-0.05, 0) is 35.7 Å². The quantitative estimate of drug-likeness (QED) is 0.442. The second-order valence-electron chi connectivity index (χ2n) is 6.87. The standard InChI is InChI=1S/C23H29N5O2/c1-24-23(25-13-12-18-14-19(29-3)10-11-21(18)30-4)28(2)16-22-26-15-20(27-22)17-8-6-5-7-9-17/h5-11,14-15H,12-13,16H2,1-4H3,(H,24,25)(H,26,27). The summed E-state index contributed by atoms with van der Waals surface area (Å²) in [6.07, 6.45) is 2.65. The summed E-state index contributed by atoms with van der Waals surface area (Å²) in [5.41, 5.74) is 3.21. The van der Waals surface area contributed by atoms with E-state index in [0.717, 1.165) is 46.5 Å². The van der Waals surface area contributed by atoms with Gasteiger partial charge in [-0.25, -0.2) is 4.98 Å². The van der Waals surface area contributed by atoms with Gasteiger partial charge < -0.3 is 24.7 Å². The summed E-state index contributed by atoms with van der Waals surface area (Å²) in [5, 5.41) is 3.40. The van der Waals surface area contributed by atoms with Crippen molar-refractivity contribution in [3.05, 3.63) is 66.1 Å². The van der Waals surface area contributed by atoms with Crippen molar-refractivity contribution in [1.29, 1.82) is 0 Å². The number of imidazole rings is 1. The third-order valence-corrected chi connectivity index (χ3v) is 4.84. The summed E-state index contributed by atoms with van der Waals surface area (Å²) < 4.78 is 10.8. The molecule has 7 heteroatoms. The summed E-state index contributed by atoms with van der Waals surface area (Å²) in [7, 11) is 7.12. The maximum atomic E-state index is 5.46. The Hall–Kier alpha value is -3.48.